The molecule has 0 fully saturated rings. The first-order chi connectivity index (χ1) is 10.0. The maximum Gasteiger partial charge on any atom is 0.240 e. The van der Waals surface area contributed by atoms with E-state index in [1.54, 1.807) is 31.4 Å². The first kappa shape index (κ1) is 15.3. The highest BCUT2D eigenvalue weighted by atomic mass is 32.2. The van der Waals surface area contributed by atoms with Gasteiger partial charge >= 0.3 is 0 Å². The maximum absolute atomic E-state index is 11.6. The number of anilines is 1. The highest BCUT2D eigenvalue weighted by Gasteiger charge is 2.10. The molecule has 0 unspecified atom stereocenters. The van der Waals surface area contributed by atoms with Crippen LogP contribution in [0.3, 0.4) is 0 Å². The lowest BCUT2D eigenvalue weighted by atomic mass is 10.2. The van der Waals surface area contributed by atoms with Crippen molar-refractivity contribution in [3.05, 3.63) is 54.1 Å². The molecule has 0 saturated heterocycles. The minimum Gasteiger partial charge on any atom is -0.497 e. The smallest absolute Gasteiger partial charge is 0.240 e. The summed E-state index contributed by atoms with van der Waals surface area (Å²) in [5.74, 6) is 0.810. The largest absolute Gasteiger partial charge is 0.497 e. The van der Waals surface area contributed by atoms with E-state index in [9.17, 15) is 8.42 Å². The van der Waals surface area contributed by atoms with E-state index in [1.165, 1.54) is 7.05 Å². The molecule has 2 aromatic carbocycles. The van der Waals surface area contributed by atoms with Gasteiger partial charge in [0.1, 0.15) is 5.75 Å². The van der Waals surface area contributed by atoms with Gasteiger partial charge in [-0.25, -0.2) is 13.1 Å². The quantitative estimate of drug-likeness (QED) is 0.858. The van der Waals surface area contributed by atoms with Crippen molar-refractivity contribution < 1.29 is 13.2 Å². The monoisotopic (exact) mass is 306 g/mol. The molecule has 0 aliphatic heterocycles. The first-order valence-electron chi connectivity index (χ1n) is 6.45. The number of rotatable bonds is 6. The van der Waals surface area contributed by atoms with Gasteiger partial charge < -0.3 is 10.1 Å². The Kier molecular flexibility index (Phi) is 4.82. The number of hydrogen-bond acceptors (Lipinski definition) is 4. The fraction of sp³-hybridized carbons (Fsp3) is 0.200. The number of sulfonamides is 1. The first-order valence-corrected chi connectivity index (χ1v) is 7.94. The van der Waals surface area contributed by atoms with Gasteiger partial charge in [0.05, 0.1) is 12.0 Å². The third-order valence-electron chi connectivity index (χ3n) is 3.06. The van der Waals surface area contributed by atoms with E-state index in [1.807, 2.05) is 24.3 Å². The normalized spacial score (nSPS) is 11.1. The molecule has 0 radical (unpaired) electrons. The van der Waals surface area contributed by atoms with Crippen molar-refractivity contribution in [2.75, 3.05) is 19.5 Å². The molecule has 0 aliphatic rings. The van der Waals surface area contributed by atoms with E-state index in [4.69, 9.17) is 4.74 Å². The van der Waals surface area contributed by atoms with Crippen molar-refractivity contribution in [3.8, 4) is 5.75 Å². The Hall–Kier alpha value is -2.05. The second kappa shape index (κ2) is 6.60. The van der Waals surface area contributed by atoms with Crippen LogP contribution in [-0.4, -0.2) is 22.6 Å². The van der Waals surface area contributed by atoms with E-state index >= 15 is 0 Å². The standard InChI is InChI=1S/C15H18N2O3S/c1-16-21(18,19)15-8-6-13(7-9-15)17-11-12-4-3-5-14(10-12)20-2/h3-10,16-17H,11H2,1-2H3. The lowest BCUT2D eigenvalue weighted by Gasteiger charge is -2.09. The summed E-state index contributed by atoms with van der Waals surface area (Å²) < 4.78 is 30.7. The van der Waals surface area contributed by atoms with Crippen molar-refractivity contribution in [2.24, 2.45) is 0 Å². The lowest BCUT2D eigenvalue weighted by Crippen LogP contribution is -2.18. The summed E-state index contributed by atoms with van der Waals surface area (Å²) in [5.41, 5.74) is 1.94. The van der Waals surface area contributed by atoms with Gasteiger partial charge in [0.25, 0.3) is 0 Å². The Morgan fingerprint density at radius 1 is 1.10 bits per heavy atom. The molecule has 0 amide bonds. The average Bonchev–Trinajstić information content (AvgIpc) is 2.53. The molecule has 0 saturated carbocycles. The average molecular weight is 306 g/mol. The van der Waals surface area contributed by atoms with E-state index in [0.717, 1.165) is 17.0 Å². The summed E-state index contributed by atoms with van der Waals surface area (Å²) in [6.07, 6.45) is 0. The predicted molar refractivity (Wildman–Crippen MR) is 83.0 cm³/mol. The highest BCUT2D eigenvalue weighted by molar-refractivity contribution is 7.89. The van der Waals surface area contributed by atoms with Crippen LogP contribution < -0.4 is 14.8 Å². The molecule has 2 rings (SSSR count). The Balaban J connectivity index is 2.04. The summed E-state index contributed by atoms with van der Waals surface area (Å²) in [6.45, 7) is 0.634. The molecule has 0 heterocycles. The lowest BCUT2D eigenvalue weighted by molar-refractivity contribution is 0.414. The molecule has 0 atom stereocenters. The third kappa shape index (κ3) is 3.96. The zero-order valence-corrected chi connectivity index (χ0v) is 12.8. The molecule has 21 heavy (non-hydrogen) atoms. The number of benzene rings is 2. The zero-order valence-electron chi connectivity index (χ0n) is 12.0. The van der Waals surface area contributed by atoms with E-state index in [-0.39, 0.29) is 4.90 Å². The zero-order chi connectivity index (χ0) is 15.3. The minimum absolute atomic E-state index is 0.247. The maximum atomic E-state index is 11.6. The van der Waals surface area contributed by atoms with Gasteiger partial charge in [-0.3, -0.25) is 0 Å². The topological polar surface area (TPSA) is 67.4 Å². The highest BCUT2D eigenvalue weighted by Crippen LogP contribution is 2.16. The Bertz CT molecular complexity index is 697. The van der Waals surface area contributed by atoms with Crippen LogP contribution in [0.15, 0.2) is 53.4 Å². The fourth-order valence-electron chi connectivity index (χ4n) is 1.86. The van der Waals surface area contributed by atoms with Crippen LogP contribution in [0.25, 0.3) is 0 Å². The molecule has 0 aromatic heterocycles. The van der Waals surface area contributed by atoms with Crippen LogP contribution >= 0.6 is 0 Å². The van der Waals surface area contributed by atoms with E-state index in [2.05, 4.69) is 10.0 Å². The second-order valence-corrected chi connectivity index (χ2v) is 6.32. The number of ether oxygens (including phenoxy) is 1. The van der Waals surface area contributed by atoms with Gasteiger partial charge in [0.15, 0.2) is 0 Å². The van der Waals surface area contributed by atoms with Crippen LogP contribution in [-0.2, 0) is 16.6 Å². The molecule has 2 aromatic rings. The van der Waals surface area contributed by atoms with Crippen LogP contribution in [0, 0.1) is 0 Å². The van der Waals surface area contributed by atoms with Gasteiger partial charge in [-0.1, -0.05) is 12.1 Å². The van der Waals surface area contributed by atoms with Crippen molar-refractivity contribution in [3.63, 3.8) is 0 Å². The van der Waals surface area contributed by atoms with Crippen molar-refractivity contribution >= 4 is 15.7 Å². The molecule has 2 N–H and O–H groups in total. The van der Waals surface area contributed by atoms with Crippen molar-refractivity contribution in [1.82, 2.24) is 4.72 Å². The van der Waals surface area contributed by atoms with Gasteiger partial charge in [0, 0.05) is 12.2 Å². The Morgan fingerprint density at radius 3 is 2.43 bits per heavy atom. The number of methoxy groups -OCH3 is 1. The third-order valence-corrected chi connectivity index (χ3v) is 4.49. The Labute approximate surface area is 125 Å². The predicted octanol–water partition coefficient (Wildman–Crippen LogP) is 2.22. The van der Waals surface area contributed by atoms with Crippen LogP contribution in [0.2, 0.25) is 0 Å². The van der Waals surface area contributed by atoms with Gasteiger partial charge in [-0.05, 0) is 49.0 Å². The van der Waals surface area contributed by atoms with Crippen molar-refractivity contribution in [1.29, 1.82) is 0 Å². The Morgan fingerprint density at radius 2 is 1.81 bits per heavy atom. The summed E-state index contributed by atoms with van der Waals surface area (Å²) in [4.78, 5) is 0.247. The van der Waals surface area contributed by atoms with Crippen LogP contribution in [0.1, 0.15) is 5.56 Å². The SMILES string of the molecule is CNS(=O)(=O)c1ccc(NCc2cccc(OC)c2)cc1. The molecule has 0 aliphatic carbocycles. The molecular weight excluding hydrogens is 288 g/mol. The van der Waals surface area contributed by atoms with Gasteiger partial charge in [-0.2, -0.15) is 0 Å². The number of nitrogens with one attached hydrogen (secondary N) is 2. The molecular formula is C15H18N2O3S. The van der Waals surface area contributed by atoms with Crippen LogP contribution in [0.5, 0.6) is 5.75 Å². The van der Waals surface area contributed by atoms with Crippen molar-refractivity contribution in [2.45, 2.75) is 11.4 Å². The fourth-order valence-corrected chi connectivity index (χ4v) is 2.59. The van der Waals surface area contributed by atoms with Crippen LogP contribution in [0.4, 0.5) is 5.69 Å². The summed E-state index contributed by atoms with van der Waals surface area (Å²) in [7, 11) is -0.360. The number of hydrogen-bond donors (Lipinski definition) is 2. The van der Waals surface area contributed by atoms with Gasteiger partial charge in [0.2, 0.25) is 10.0 Å². The summed E-state index contributed by atoms with van der Waals surface area (Å²) in [6, 6.07) is 14.4. The molecule has 0 bridgehead atoms. The molecule has 0 spiro atoms. The van der Waals surface area contributed by atoms with Gasteiger partial charge in [-0.15, -0.1) is 0 Å². The van der Waals surface area contributed by atoms with E-state index in [0.29, 0.717) is 6.54 Å². The molecule has 112 valence electrons. The second-order valence-electron chi connectivity index (χ2n) is 4.44. The molecule has 5 nitrogen and oxygen atoms in total. The molecule has 6 heteroatoms. The summed E-state index contributed by atoms with van der Waals surface area (Å²) in [5, 5.41) is 3.24. The minimum atomic E-state index is -3.39. The van der Waals surface area contributed by atoms with E-state index < -0.39 is 10.0 Å². The summed E-state index contributed by atoms with van der Waals surface area (Å²) >= 11 is 0.